The van der Waals surface area contributed by atoms with Gasteiger partial charge < -0.3 is 9.88 Å². The molecule has 1 aromatic heterocycles. The molecule has 2 aromatic carbocycles. The molecule has 4 heteroatoms. The Bertz CT molecular complexity index is 793. The van der Waals surface area contributed by atoms with Crippen molar-refractivity contribution in [2.24, 2.45) is 7.05 Å². The summed E-state index contributed by atoms with van der Waals surface area (Å²) >= 11 is 0. The van der Waals surface area contributed by atoms with Crippen molar-refractivity contribution in [3.8, 4) is 0 Å². The van der Waals surface area contributed by atoms with Crippen molar-refractivity contribution in [2.45, 2.75) is 6.54 Å². The van der Waals surface area contributed by atoms with Gasteiger partial charge in [-0.1, -0.05) is 30.3 Å². The average Bonchev–Trinajstić information content (AvgIpc) is 2.83. The Morgan fingerprint density at radius 1 is 1.14 bits per heavy atom. The number of aromatic nitrogens is 1. The van der Waals surface area contributed by atoms with Crippen LogP contribution >= 0.6 is 0 Å². The number of carbonyl (C=O) groups excluding carboxylic acids is 1. The van der Waals surface area contributed by atoms with E-state index in [2.05, 4.69) is 5.32 Å². The minimum absolute atomic E-state index is 0.169. The van der Waals surface area contributed by atoms with Gasteiger partial charge in [0, 0.05) is 19.0 Å². The molecule has 0 saturated heterocycles. The van der Waals surface area contributed by atoms with Crippen molar-refractivity contribution in [3.05, 3.63) is 71.7 Å². The fourth-order valence-electron chi connectivity index (χ4n) is 2.39. The van der Waals surface area contributed by atoms with Gasteiger partial charge in [0.2, 0.25) is 0 Å². The van der Waals surface area contributed by atoms with Crippen LogP contribution in [0.2, 0.25) is 0 Å². The lowest BCUT2D eigenvalue weighted by molar-refractivity contribution is 0.0943. The lowest BCUT2D eigenvalue weighted by Crippen LogP contribution is -2.24. The van der Waals surface area contributed by atoms with Gasteiger partial charge in [-0.05, 0) is 29.8 Å². The fourth-order valence-corrected chi connectivity index (χ4v) is 2.39. The highest BCUT2D eigenvalue weighted by molar-refractivity contribution is 5.98. The minimum atomic E-state index is -0.306. The van der Waals surface area contributed by atoms with Crippen LogP contribution < -0.4 is 5.32 Å². The van der Waals surface area contributed by atoms with Crippen LogP contribution in [0.3, 0.4) is 0 Å². The molecule has 21 heavy (non-hydrogen) atoms. The minimum Gasteiger partial charge on any atom is -0.347 e. The van der Waals surface area contributed by atoms with E-state index in [4.69, 9.17) is 0 Å². The third-order valence-corrected chi connectivity index (χ3v) is 3.54. The molecule has 3 aromatic rings. The van der Waals surface area contributed by atoms with Crippen LogP contribution in [0.5, 0.6) is 0 Å². The van der Waals surface area contributed by atoms with Gasteiger partial charge in [-0.3, -0.25) is 4.79 Å². The molecular formula is C17H15FN2O. The smallest absolute Gasteiger partial charge is 0.268 e. The van der Waals surface area contributed by atoms with Gasteiger partial charge in [-0.2, -0.15) is 0 Å². The number of benzene rings is 2. The second-order valence-electron chi connectivity index (χ2n) is 4.96. The molecule has 0 unspecified atom stereocenters. The normalized spacial score (nSPS) is 10.8. The van der Waals surface area contributed by atoms with Crippen LogP contribution in [0.4, 0.5) is 4.39 Å². The Hall–Kier alpha value is -2.62. The number of amides is 1. The quantitative estimate of drug-likeness (QED) is 0.786. The van der Waals surface area contributed by atoms with Gasteiger partial charge in [0.25, 0.3) is 5.91 Å². The summed E-state index contributed by atoms with van der Waals surface area (Å²) in [7, 11) is 1.76. The number of nitrogens with one attached hydrogen (secondary N) is 1. The van der Waals surface area contributed by atoms with E-state index in [9.17, 15) is 9.18 Å². The number of carbonyl (C=O) groups is 1. The lowest BCUT2D eigenvalue weighted by atomic mass is 10.2. The van der Waals surface area contributed by atoms with Gasteiger partial charge >= 0.3 is 0 Å². The summed E-state index contributed by atoms with van der Waals surface area (Å²) < 4.78 is 15.0. The zero-order valence-corrected chi connectivity index (χ0v) is 11.6. The molecule has 0 spiro atoms. The maximum absolute atomic E-state index is 13.3. The van der Waals surface area contributed by atoms with Gasteiger partial charge in [0.1, 0.15) is 11.5 Å². The first-order valence-electron chi connectivity index (χ1n) is 6.72. The maximum Gasteiger partial charge on any atom is 0.268 e. The zero-order valence-electron chi connectivity index (χ0n) is 11.6. The Morgan fingerprint density at radius 3 is 2.67 bits per heavy atom. The molecule has 0 aliphatic carbocycles. The molecule has 3 rings (SSSR count). The monoisotopic (exact) mass is 282 g/mol. The van der Waals surface area contributed by atoms with Crippen molar-refractivity contribution >= 4 is 16.8 Å². The van der Waals surface area contributed by atoms with Gasteiger partial charge in [0.15, 0.2) is 0 Å². The molecule has 1 amide bonds. The molecule has 0 aliphatic heterocycles. The summed E-state index contributed by atoms with van der Waals surface area (Å²) in [4.78, 5) is 12.3. The Labute approximate surface area is 122 Å². The average molecular weight is 282 g/mol. The van der Waals surface area contributed by atoms with Gasteiger partial charge in [-0.15, -0.1) is 0 Å². The molecule has 0 fully saturated rings. The molecule has 1 heterocycles. The van der Waals surface area contributed by atoms with E-state index < -0.39 is 0 Å². The van der Waals surface area contributed by atoms with E-state index in [0.717, 1.165) is 10.9 Å². The van der Waals surface area contributed by atoms with Crippen molar-refractivity contribution < 1.29 is 9.18 Å². The van der Waals surface area contributed by atoms with E-state index in [1.807, 2.05) is 30.3 Å². The topological polar surface area (TPSA) is 34.0 Å². The molecule has 0 radical (unpaired) electrons. The summed E-state index contributed by atoms with van der Waals surface area (Å²) in [6.07, 6.45) is 0. The number of halogens is 1. The van der Waals surface area contributed by atoms with Crippen molar-refractivity contribution in [1.82, 2.24) is 9.88 Å². The predicted molar refractivity (Wildman–Crippen MR) is 80.5 cm³/mol. The summed E-state index contributed by atoms with van der Waals surface area (Å²) in [6, 6.07) is 16.0. The third kappa shape index (κ3) is 2.65. The second kappa shape index (κ2) is 5.40. The van der Waals surface area contributed by atoms with Crippen LogP contribution in [-0.2, 0) is 13.6 Å². The van der Waals surface area contributed by atoms with E-state index in [0.29, 0.717) is 17.8 Å². The highest BCUT2D eigenvalue weighted by atomic mass is 19.1. The van der Waals surface area contributed by atoms with Crippen LogP contribution in [0, 0.1) is 5.82 Å². The second-order valence-corrected chi connectivity index (χ2v) is 4.96. The first-order valence-corrected chi connectivity index (χ1v) is 6.72. The molecule has 0 bridgehead atoms. The van der Waals surface area contributed by atoms with Crippen LogP contribution in [0.25, 0.3) is 10.9 Å². The summed E-state index contributed by atoms with van der Waals surface area (Å²) in [5.74, 6) is -0.474. The number of hydrogen-bond acceptors (Lipinski definition) is 1. The Morgan fingerprint density at radius 2 is 1.90 bits per heavy atom. The molecule has 1 N–H and O–H groups in total. The fraction of sp³-hybridized carbons (Fsp3) is 0.118. The molecular weight excluding hydrogens is 267 g/mol. The molecule has 106 valence electrons. The van der Waals surface area contributed by atoms with Crippen LogP contribution in [-0.4, -0.2) is 10.5 Å². The zero-order chi connectivity index (χ0) is 14.8. The molecule has 0 saturated carbocycles. The standard InChI is InChI=1S/C17H15FN2O/c1-20-15-10-14(18)8-7-13(15)9-16(20)17(21)19-11-12-5-3-2-4-6-12/h2-10H,11H2,1H3,(H,19,21). The highest BCUT2D eigenvalue weighted by Crippen LogP contribution is 2.19. The van der Waals surface area contributed by atoms with Crippen molar-refractivity contribution in [1.29, 1.82) is 0 Å². The van der Waals surface area contributed by atoms with E-state index in [-0.39, 0.29) is 11.7 Å². The van der Waals surface area contributed by atoms with E-state index in [1.54, 1.807) is 23.7 Å². The molecule has 3 nitrogen and oxygen atoms in total. The first-order chi connectivity index (χ1) is 10.1. The van der Waals surface area contributed by atoms with Crippen molar-refractivity contribution in [3.63, 3.8) is 0 Å². The van der Waals surface area contributed by atoms with Crippen LogP contribution in [0.15, 0.2) is 54.6 Å². The number of nitrogens with zero attached hydrogens (tertiary/aromatic N) is 1. The highest BCUT2D eigenvalue weighted by Gasteiger charge is 2.13. The van der Waals surface area contributed by atoms with Crippen LogP contribution in [0.1, 0.15) is 16.1 Å². The van der Waals surface area contributed by atoms with Gasteiger partial charge in [0.05, 0.1) is 5.52 Å². The van der Waals surface area contributed by atoms with Crippen molar-refractivity contribution in [2.75, 3.05) is 0 Å². The molecule has 0 aliphatic rings. The number of fused-ring (bicyclic) bond motifs is 1. The molecule has 0 atom stereocenters. The Kier molecular flexibility index (Phi) is 3.44. The van der Waals surface area contributed by atoms with Gasteiger partial charge in [-0.25, -0.2) is 4.39 Å². The summed E-state index contributed by atoms with van der Waals surface area (Å²) in [5, 5.41) is 3.73. The number of hydrogen-bond donors (Lipinski definition) is 1. The number of aryl methyl sites for hydroxylation is 1. The largest absolute Gasteiger partial charge is 0.347 e. The maximum atomic E-state index is 13.3. The first kappa shape index (κ1) is 13.4. The third-order valence-electron chi connectivity index (χ3n) is 3.54. The summed E-state index contributed by atoms with van der Waals surface area (Å²) in [5.41, 5.74) is 2.27. The van der Waals surface area contributed by atoms with E-state index in [1.165, 1.54) is 12.1 Å². The number of rotatable bonds is 3. The Balaban J connectivity index is 1.83. The van der Waals surface area contributed by atoms with E-state index >= 15 is 0 Å². The predicted octanol–water partition coefficient (Wildman–Crippen LogP) is 3.25. The lowest BCUT2D eigenvalue weighted by Gasteiger charge is -2.06. The SMILES string of the molecule is Cn1c(C(=O)NCc2ccccc2)cc2ccc(F)cc21. The summed E-state index contributed by atoms with van der Waals surface area (Å²) in [6.45, 7) is 0.468.